The summed E-state index contributed by atoms with van der Waals surface area (Å²) in [6, 6.07) is 4.44. The second-order valence-corrected chi connectivity index (χ2v) is 3.82. The maximum atomic E-state index is 4.34. The smallest absolute Gasteiger partial charge is 0.127 e. The van der Waals surface area contributed by atoms with Crippen LogP contribution in [0.15, 0.2) is 31.0 Å². The Balaban J connectivity index is 2.53. The lowest BCUT2D eigenvalue weighted by molar-refractivity contribution is 0.633. The SMILES string of the molecule is C=CC(C)NCc1ccc(N(C)C)nc1. The van der Waals surface area contributed by atoms with Crippen molar-refractivity contribution in [3.63, 3.8) is 0 Å². The molecule has 0 amide bonds. The van der Waals surface area contributed by atoms with Crippen LogP contribution in [-0.4, -0.2) is 25.1 Å². The second kappa shape index (κ2) is 5.51. The summed E-state index contributed by atoms with van der Waals surface area (Å²) in [5.74, 6) is 0.982. The maximum Gasteiger partial charge on any atom is 0.127 e. The molecule has 82 valence electrons. The highest BCUT2D eigenvalue weighted by molar-refractivity contribution is 5.37. The minimum atomic E-state index is 0.332. The number of anilines is 1. The summed E-state index contributed by atoms with van der Waals surface area (Å²) in [5.41, 5.74) is 1.19. The van der Waals surface area contributed by atoms with E-state index >= 15 is 0 Å². The van der Waals surface area contributed by atoms with Crippen LogP contribution in [0.3, 0.4) is 0 Å². The molecule has 0 aliphatic heterocycles. The first kappa shape index (κ1) is 11.7. The average Bonchev–Trinajstić information content (AvgIpc) is 2.26. The summed E-state index contributed by atoms with van der Waals surface area (Å²) in [6.45, 7) is 6.63. The molecule has 0 aliphatic rings. The number of aromatic nitrogens is 1. The monoisotopic (exact) mass is 205 g/mol. The summed E-state index contributed by atoms with van der Waals surface area (Å²) < 4.78 is 0. The van der Waals surface area contributed by atoms with Gasteiger partial charge in [-0.25, -0.2) is 4.98 Å². The minimum Gasteiger partial charge on any atom is -0.363 e. The zero-order valence-corrected chi connectivity index (χ0v) is 9.70. The molecule has 1 heterocycles. The van der Waals surface area contributed by atoms with E-state index in [0.29, 0.717) is 6.04 Å². The highest BCUT2D eigenvalue weighted by atomic mass is 15.1. The first-order valence-electron chi connectivity index (χ1n) is 5.11. The Labute approximate surface area is 91.8 Å². The lowest BCUT2D eigenvalue weighted by atomic mass is 10.2. The Kier molecular flexibility index (Phi) is 4.31. The molecule has 0 aromatic carbocycles. The molecule has 1 rings (SSSR count). The largest absolute Gasteiger partial charge is 0.363 e. The third-order valence-electron chi connectivity index (χ3n) is 2.25. The van der Waals surface area contributed by atoms with Crippen molar-refractivity contribution in [2.45, 2.75) is 19.5 Å². The molecule has 0 fully saturated rings. The van der Waals surface area contributed by atoms with Gasteiger partial charge in [0.2, 0.25) is 0 Å². The van der Waals surface area contributed by atoms with Crippen LogP contribution in [-0.2, 0) is 6.54 Å². The van der Waals surface area contributed by atoms with Gasteiger partial charge in [0, 0.05) is 32.9 Å². The second-order valence-electron chi connectivity index (χ2n) is 3.82. The molecule has 0 saturated carbocycles. The van der Waals surface area contributed by atoms with Crippen molar-refractivity contribution in [3.05, 3.63) is 36.5 Å². The standard InChI is InChI=1S/C12H19N3/c1-5-10(2)13-8-11-6-7-12(14-9-11)15(3)4/h5-7,9-10,13H,1,8H2,2-4H3. The summed E-state index contributed by atoms with van der Waals surface area (Å²) in [5, 5.41) is 3.33. The van der Waals surface area contributed by atoms with E-state index in [-0.39, 0.29) is 0 Å². The molecule has 0 bridgehead atoms. The third kappa shape index (κ3) is 3.72. The van der Waals surface area contributed by atoms with Crippen LogP contribution in [0, 0.1) is 0 Å². The lowest BCUT2D eigenvalue weighted by Gasteiger charge is -2.12. The fourth-order valence-electron chi connectivity index (χ4n) is 1.15. The predicted molar refractivity (Wildman–Crippen MR) is 65.1 cm³/mol. The number of rotatable bonds is 5. The number of hydrogen-bond acceptors (Lipinski definition) is 3. The molecule has 3 nitrogen and oxygen atoms in total. The number of nitrogens with zero attached hydrogens (tertiary/aromatic N) is 2. The van der Waals surface area contributed by atoms with Crippen molar-refractivity contribution in [1.82, 2.24) is 10.3 Å². The van der Waals surface area contributed by atoms with E-state index < -0.39 is 0 Å². The van der Waals surface area contributed by atoms with Crippen molar-refractivity contribution in [3.8, 4) is 0 Å². The Morgan fingerprint density at radius 1 is 1.53 bits per heavy atom. The van der Waals surface area contributed by atoms with Gasteiger partial charge in [0.05, 0.1) is 0 Å². The number of pyridine rings is 1. The van der Waals surface area contributed by atoms with E-state index in [9.17, 15) is 0 Å². The molecule has 1 aromatic heterocycles. The van der Waals surface area contributed by atoms with Gasteiger partial charge in [0.15, 0.2) is 0 Å². The van der Waals surface area contributed by atoms with Gasteiger partial charge in [0.25, 0.3) is 0 Å². The van der Waals surface area contributed by atoms with Crippen LogP contribution in [0.5, 0.6) is 0 Å². The number of nitrogens with one attached hydrogen (secondary N) is 1. The summed E-state index contributed by atoms with van der Waals surface area (Å²) in [7, 11) is 3.97. The van der Waals surface area contributed by atoms with Crippen LogP contribution in [0.4, 0.5) is 5.82 Å². The molecule has 0 spiro atoms. The van der Waals surface area contributed by atoms with Crippen LogP contribution < -0.4 is 10.2 Å². The molecule has 0 radical (unpaired) electrons. The number of hydrogen-bond donors (Lipinski definition) is 1. The normalized spacial score (nSPS) is 12.2. The van der Waals surface area contributed by atoms with Gasteiger partial charge in [0.1, 0.15) is 5.82 Å². The first-order chi connectivity index (χ1) is 7.13. The van der Waals surface area contributed by atoms with Crippen molar-refractivity contribution in [1.29, 1.82) is 0 Å². The molecular formula is C12H19N3. The van der Waals surface area contributed by atoms with Crippen LogP contribution in [0.1, 0.15) is 12.5 Å². The Morgan fingerprint density at radius 2 is 2.27 bits per heavy atom. The Bertz CT molecular complexity index is 303. The van der Waals surface area contributed by atoms with Gasteiger partial charge in [-0.3, -0.25) is 0 Å². The van der Waals surface area contributed by atoms with Crippen molar-refractivity contribution in [2.24, 2.45) is 0 Å². The summed E-state index contributed by atoms with van der Waals surface area (Å²) in [4.78, 5) is 6.33. The van der Waals surface area contributed by atoms with Gasteiger partial charge in [-0.15, -0.1) is 6.58 Å². The van der Waals surface area contributed by atoms with Gasteiger partial charge >= 0.3 is 0 Å². The van der Waals surface area contributed by atoms with E-state index in [4.69, 9.17) is 0 Å². The van der Waals surface area contributed by atoms with E-state index in [2.05, 4.69) is 29.9 Å². The van der Waals surface area contributed by atoms with Crippen molar-refractivity contribution in [2.75, 3.05) is 19.0 Å². The minimum absolute atomic E-state index is 0.332. The van der Waals surface area contributed by atoms with E-state index in [1.54, 1.807) is 0 Å². The zero-order valence-electron chi connectivity index (χ0n) is 9.70. The molecule has 1 atom stereocenters. The van der Waals surface area contributed by atoms with Crippen molar-refractivity contribution < 1.29 is 0 Å². The quantitative estimate of drug-likeness (QED) is 0.743. The Morgan fingerprint density at radius 3 is 2.73 bits per heavy atom. The molecule has 1 aromatic rings. The fourth-order valence-corrected chi connectivity index (χ4v) is 1.15. The van der Waals surface area contributed by atoms with Crippen molar-refractivity contribution >= 4 is 5.82 Å². The Hall–Kier alpha value is -1.35. The van der Waals surface area contributed by atoms with Gasteiger partial charge in [-0.1, -0.05) is 12.1 Å². The zero-order chi connectivity index (χ0) is 11.3. The molecular weight excluding hydrogens is 186 g/mol. The van der Waals surface area contributed by atoms with Gasteiger partial charge < -0.3 is 10.2 Å². The topological polar surface area (TPSA) is 28.2 Å². The van der Waals surface area contributed by atoms with E-state index in [1.165, 1.54) is 5.56 Å². The lowest BCUT2D eigenvalue weighted by Crippen LogP contribution is -2.23. The molecule has 0 saturated heterocycles. The fraction of sp³-hybridized carbons (Fsp3) is 0.417. The van der Waals surface area contributed by atoms with Gasteiger partial charge in [-0.2, -0.15) is 0 Å². The van der Waals surface area contributed by atoms with E-state index in [0.717, 1.165) is 12.4 Å². The van der Waals surface area contributed by atoms with E-state index in [1.807, 2.05) is 37.3 Å². The summed E-state index contributed by atoms with van der Waals surface area (Å²) in [6.07, 6.45) is 3.79. The predicted octanol–water partition coefficient (Wildman–Crippen LogP) is 1.81. The first-order valence-corrected chi connectivity index (χ1v) is 5.11. The highest BCUT2D eigenvalue weighted by Crippen LogP contribution is 2.07. The average molecular weight is 205 g/mol. The molecule has 0 aliphatic carbocycles. The van der Waals surface area contributed by atoms with Crippen LogP contribution >= 0.6 is 0 Å². The van der Waals surface area contributed by atoms with Crippen LogP contribution in [0.25, 0.3) is 0 Å². The summed E-state index contributed by atoms with van der Waals surface area (Å²) >= 11 is 0. The third-order valence-corrected chi connectivity index (χ3v) is 2.25. The van der Waals surface area contributed by atoms with Crippen LogP contribution in [0.2, 0.25) is 0 Å². The van der Waals surface area contributed by atoms with Gasteiger partial charge in [-0.05, 0) is 18.6 Å². The maximum absolute atomic E-state index is 4.34. The molecule has 3 heteroatoms. The molecule has 1 N–H and O–H groups in total. The highest BCUT2D eigenvalue weighted by Gasteiger charge is 1.99. The molecule has 1 unspecified atom stereocenters. The molecule has 15 heavy (non-hydrogen) atoms.